The van der Waals surface area contributed by atoms with Crippen LogP contribution < -0.4 is 10.6 Å². The van der Waals surface area contributed by atoms with Crippen LogP contribution in [-0.2, 0) is 16.1 Å². The first-order valence-corrected chi connectivity index (χ1v) is 6.09. The Hall–Kier alpha value is -1.91. The van der Waals surface area contributed by atoms with Crippen LogP contribution in [0.4, 0.5) is 4.39 Å². The maximum atomic E-state index is 13.3. The van der Waals surface area contributed by atoms with Gasteiger partial charge in [-0.2, -0.15) is 0 Å². The van der Waals surface area contributed by atoms with E-state index in [1.807, 2.05) is 20.8 Å². The molecule has 0 radical (unpaired) electrons. The van der Waals surface area contributed by atoms with Crippen LogP contribution in [0.3, 0.4) is 0 Å². The van der Waals surface area contributed by atoms with E-state index in [0.29, 0.717) is 5.56 Å². The van der Waals surface area contributed by atoms with Crippen LogP contribution in [0.2, 0.25) is 0 Å². The van der Waals surface area contributed by atoms with Crippen molar-refractivity contribution in [2.24, 2.45) is 0 Å². The van der Waals surface area contributed by atoms with Gasteiger partial charge in [0, 0.05) is 17.6 Å². The zero-order chi connectivity index (χ0) is 14.5. The standard InChI is InChI=1S/C14H19FN2O2/c1-14(2,3)17-13(19)8-12(18)16-9-10-6-4-5-7-11(10)15/h4-7H,8-9H2,1-3H3,(H,16,18)(H,17,19). The molecule has 0 aliphatic carbocycles. The van der Waals surface area contributed by atoms with E-state index in [-0.39, 0.29) is 30.2 Å². The normalized spacial score (nSPS) is 10.9. The Morgan fingerprint density at radius 2 is 1.79 bits per heavy atom. The van der Waals surface area contributed by atoms with Crippen molar-refractivity contribution in [2.45, 2.75) is 39.3 Å². The lowest BCUT2D eigenvalue weighted by molar-refractivity contribution is -0.130. The zero-order valence-electron chi connectivity index (χ0n) is 11.4. The van der Waals surface area contributed by atoms with Gasteiger partial charge in [-0.05, 0) is 26.8 Å². The maximum Gasteiger partial charge on any atom is 0.229 e. The molecule has 2 amide bonds. The highest BCUT2D eigenvalue weighted by atomic mass is 19.1. The quantitative estimate of drug-likeness (QED) is 0.816. The fraction of sp³-hybridized carbons (Fsp3) is 0.429. The summed E-state index contributed by atoms with van der Waals surface area (Å²) in [5, 5.41) is 5.20. The first kappa shape index (κ1) is 15.1. The predicted molar refractivity (Wildman–Crippen MR) is 70.8 cm³/mol. The number of carbonyl (C=O) groups is 2. The summed E-state index contributed by atoms with van der Waals surface area (Å²) in [6.07, 6.45) is -0.258. The van der Waals surface area contributed by atoms with Crippen LogP contribution in [0.1, 0.15) is 32.8 Å². The average Bonchev–Trinajstić information content (AvgIpc) is 2.25. The van der Waals surface area contributed by atoms with Crippen LogP contribution in [0.5, 0.6) is 0 Å². The molecule has 104 valence electrons. The van der Waals surface area contributed by atoms with Crippen molar-refractivity contribution in [2.75, 3.05) is 0 Å². The molecule has 5 heteroatoms. The number of nitrogens with one attached hydrogen (secondary N) is 2. The molecule has 0 spiro atoms. The van der Waals surface area contributed by atoms with Crippen molar-refractivity contribution in [1.29, 1.82) is 0 Å². The van der Waals surface area contributed by atoms with Crippen molar-refractivity contribution >= 4 is 11.8 Å². The van der Waals surface area contributed by atoms with Gasteiger partial charge in [-0.25, -0.2) is 4.39 Å². The van der Waals surface area contributed by atoms with Gasteiger partial charge in [0.25, 0.3) is 0 Å². The van der Waals surface area contributed by atoms with Crippen LogP contribution in [0.15, 0.2) is 24.3 Å². The average molecular weight is 266 g/mol. The number of amides is 2. The molecule has 0 heterocycles. The lowest BCUT2D eigenvalue weighted by Crippen LogP contribution is -2.42. The molecule has 2 N–H and O–H groups in total. The minimum absolute atomic E-state index is 0.0777. The molecule has 1 rings (SSSR count). The molecule has 0 aromatic heterocycles. The van der Waals surface area contributed by atoms with Gasteiger partial charge >= 0.3 is 0 Å². The van der Waals surface area contributed by atoms with Crippen molar-refractivity contribution in [3.63, 3.8) is 0 Å². The van der Waals surface area contributed by atoms with Crippen molar-refractivity contribution < 1.29 is 14.0 Å². The monoisotopic (exact) mass is 266 g/mol. The van der Waals surface area contributed by atoms with E-state index >= 15 is 0 Å². The van der Waals surface area contributed by atoms with E-state index in [2.05, 4.69) is 10.6 Å². The van der Waals surface area contributed by atoms with Gasteiger partial charge in [0.1, 0.15) is 12.2 Å². The van der Waals surface area contributed by atoms with Crippen LogP contribution in [0.25, 0.3) is 0 Å². The summed E-state index contributed by atoms with van der Waals surface area (Å²) < 4.78 is 13.3. The second-order valence-corrected chi connectivity index (χ2v) is 5.34. The smallest absolute Gasteiger partial charge is 0.229 e. The van der Waals surface area contributed by atoms with Gasteiger partial charge in [0.15, 0.2) is 0 Å². The predicted octanol–water partition coefficient (Wildman–Crippen LogP) is 1.75. The lowest BCUT2D eigenvalue weighted by Gasteiger charge is -2.20. The number of benzene rings is 1. The van der Waals surface area contributed by atoms with E-state index in [1.54, 1.807) is 18.2 Å². The maximum absolute atomic E-state index is 13.3. The first-order chi connectivity index (χ1) is 8.78. The van der Waals surface area contributed by atoms with Gasteiger partial charge < -0.3 is 10.6 Å². The molecular formula is C14H19FN2O2. The van der Waals surface area contributed by atoms with E-state index in [9.17, 15) is 14.0 Å². The fourth-order valence-corrected chi connectivity index (χ4v) is 1.51. The fourth-order valence-electron chi connectivity index (χ4n) is 1.51. The molecular weight excluding hydrogens is 247 g/mol. The summed E-state index contributed by atoms with van der Waals surface area (Å²) in [6.45, 7) is 5.58. The third-order valence-electron chi connectivity index (χ3n) is 2.27. The minimum Gasteiger partial charge on any atom is -0.351 e. The van der Waals surface area contributed by atoms with Crippen molar-refractivity contribution in [3.8, 4) is 0 Å². The Labute approximate surface area is 112 Å². The molecule has 0 unspecified atom stereocenters. The second kappa shape index (κ2) is 6.31. The Kier molecular flexibility index (Phi) is 5.03. The molecule has 19 heavy (non-hydrogen) atoms. The lowest BCUT2D eigenvalue weighted by atomic mass is 10.1. The highest BCUT2D eigenvalue weighted by molar-refractivity contribution is 5.97. The number of carbonyl (C=O) groups excluding carboxylic acids is 2. The highest BCUT2D eigenvalue weighted by Gasteiger charge is 2.16. The van der Waals surface area contributed by atoms with Crippen LogP contribution in [0, 0.1) is 5.82 Å². The van der Waals surface area contributed by atoms with Gasteiger partial charge in [-0.15, -0.1) is 0 Å². The Balaban J connectivity index is 2.40. The van der Waals surface area contributed by atoms with Gasteiger partial charge in [0.05, 0.1) is 0 Å². The highest BCUT2D eigenvalue weighted by Crippen LogP contribution is 2.05. The van der Waals surface area contributed by atoms with E-state index in [1.165, 1.54) is 6.07 Å². The number of rotatable bonds is 4. The van der Waals surface area contributed by atoms with Crippen LogP contribution in [-0.4, -0.2) is 17.4 Å². The molecule has 0 fully saturated rings. The third kappa shape index (κ3) is 5.99. The number of hydrogen-bond donors (Lipinski definition) is 2. The summed E-state index contributed by atoms with van der Waals surface area (Å²) in [5.41, 5.74) is 0.0233. The summed E-state index contributed by atoms with van der Waals surface area (Å²) in [5.74, 6) is -1.15. The van der Waals surface area contributed by atoms with Gasteiger partial charge in [-0.1, -0.05) is 18.2 Å². The van der Waals surface area contributed by atoms with Crippen LogP contribution >= 0.6 is 0 Å². The van der Waals surface area contributed by atoms with E-state index < -0.39 is 5.91 Å². The minimum atomic E-state index is -0.426. The molecule has 0 saturated heterocycles. The zero-order valence-corrected chi connectivity index (χ0v) is 11.4. The van der Waals surface area contributed by atoms with Crippen molar-refractivity contribution in [1.82, 2.24) is 10.6 Å². The summed E-state index contributed by atoms with van der Waals surface area (Å²) in [7, 11) is 0. The Morgan fingerprint density at radius 3 is 2.37 bits per heavy atom. The topological polar surface area (TPSA) is 58.2 Å². The second-order valence-electron chi connectivity index (χ2n) is 5.34. The molecule has 1 aromatic rings. The number of halogens is 1. The third-order valence-corrected chi connectivity index (χ3v) is 2.27. The Bertz CT molecular complexity index is 467. The van der Waals surface area contributed by atoms with Gasteiger partial charge in [-0.3, -0.25) is 9.59 Å². The molecule has 0 saturated carbocycles. The summed E-state index contributed by atoms with van der Waals surface area (Å²) in [4.78, 5) is 23.0. The van der Waals surface area contributed by atoms with E-state index in [4.69, 9.17) is 0 Å². The molecule has 0 bridgehead atoms. The molecule has 0 atom stereocenters. The molecule has 4 nitrogen and oxygen atoms in total. The summed E-state index contributed by atoms with van der Waals surface area (Å²) in [6, 6.07) is 6.19. The largest absolute Gasteiger partial charge is 0.351 e. The van der Waals surface area contributed by atoms with Gasteiger partial charge in [0.2, 0.25) is 11.8 Å². The Morgan fingerprint density at radius 1 is 1.16 bits per heavy atom. The first-order valence-electron chi connectivity index (χ1n) is 6.09. The number of hydrogen-bond acceptors (Lipinski definition) is 2. The SMILES string of the molecule is CC(C)(C)NC(=O)CC(=O)NCc1ccccc1F. The molecule has 1 aromatic carbocycles. The van der Waals surface area contributed by atoms with Crippen molar-refractivity contribution in [3.05, 3.63) is 35.6 Å². The summed E-state index contributed by atoms with van der Waals surface area (Å²) >= 11 is 0. The van der Waals surface area contributed by atoms with E-state index in [0.717, 1.165) is 0 Å². The molecule has 0 aliphatic rings. The molecule has 0 aliphatic heterocycles.